The summed E-state index contributed by atoms with van der Waals surface area (Å²) >= 11 is 0. The number of nitrogens with one attached hydrogen (secondary N) is 1. The third kappa shape index (κ3) is 3.03. The summed E-state index contributed by atoms with van der Waals surface area (Å²) < 4.78 is 40.4. The second-order valence-electron chi connectivity index (χ2n) is 3.73. The fraction of sp³-hybridized carbons (Fsp3) is 0.0909. The zero-order chi connectivity index (χ0) is 14.0. The van der Waals surface area contributed by atoms with E-state index in [1.165, 1.54) is 16.9 Å². The predicted molar refractivity (Wildman–Crippen MR) is 61.6 cm³/mol. The van der Waals surface area contributed by atoms with Crippen molar-refractivity contribution in [3.05, 3.63) is 41.8 Å². The number of hydrogen-bond donors (Lipinski definition) is 2. The zero-order valence-electron chi connectivity index (χ0n) is 9.53. The lowest BCUT2D eigenvalue weighted by molar-refractivity contribution is -0.116. The van der Waals surface area contributed by atoms with Crippen LogP contribution < -0.4 is 11.1 Å². The van der Waals surface area contributed by atoms with Crippen molar-refractivity contribution in [3.63, 3.8) is 0 Å². The number of amides is 1. The van der Waals surface area contributed by atoms with Gasteiger partial charge in [-0.3, -0.25) is 9.48 Å². The molecule has 0 fully saturated rings. The third-order valence-electron chi connectivity index (χ3n) is 2.24. The molecule has 0 bridgehead atoms. The maximum absolute atomic E-state index is 13.3. The lowest BCUT2D eigenvalue weighted by atomic mass is 10.2. The number of carbonyl (C=O) groups is 1. The molecule has 19 heavy (non-hydrogen) atoms. The maximum Gasteiger partial charge on any atom is 0.246 e. The van der Waals surface area contributed by atoms with Crippen LogP contribution in [0.15, 0.2) is 24.4 Å². The van der Waals surface area contributed by atoms with Crippen LogP contribution >= 0.6 is 0 Å². The first-order valence-corrected chi connectivity index (χ1v) is 5.19. The first kappa shape index (κ1) is 12.9. The van der Waals surface area contributed by atoms with Gasteiger partial charge in [-0.25, -0.2) is 13.2 Å². The van der Waals surface area contributed by atoms with Crippen LogP contribution in [0, 0.1) is 17.5 Å². The number of aromatic nitrogens is 2. The first-order chi connectivity index (χ1) is 8.95. The van der Waals surface area contributed by atoms with Crippen molar-refractivity contribution in [1.82, 2.24) is 9.78 Å². The van der Waals surface area contributed by atoms with Crippen LogP contribution in [0.2, 0.25) is 0 Å². The Morgan fingerprint density at radius 2 is 1.95 bits per heavy atom. The SMILES string of the molecule is Nc1ccn(CC(=O)Nc2c(F)cc(F)cc2F)n1. The minimum atomic E-state index is -1.19. The van der Waals surface area contributed by atoms with Gasteiger partial charge in [-0.1, -0.05) is 0 Å². The molecule has 1 heterocycles. The van der Waals surface area contributed by atoms with E-state index < -0.39 is 29.0 Å². The van der Waals surface area contributed by atoms with Crippen LogP contribution in [0.5, 0.6) is 0 Å². The second kappa shape index (κ2) is 5.01. The van der Waals surface area contributed by atoms with Crippen LogP contribution in [-0.4, -0.2) is 15.7 Å². The highest BCUT2D eigenvalue weighted by Gasteiger charge is 2.14. The van der Waals surface area contributed by atoms with Gasteiger partial charge in [-0.15, -0.1) is 0 Å². The minimum Gasteiger partial charge on any atom is -0.382 e. The quantitative estimate of drug-likeness (QED) is 0.888. The van der Waals surface area contributed by atoms with E-state index in [9.17, 15) is 18.0 Å². The topological polar surface area (TPSA) is 72.9 Å². The predicted octanol–water partition coefficient (Wildman–Crippen LogP) is 1.52. The van der Waals surface area contributed by atoms with Gasteiger partial charge < -0.3 is 11.1 Å². The summed E-state index contributed by atoms with van der Waals surface area (Å²) in [7, 11) is 0. The molecule has 0 aliphatic carbocycles. The molecule has 0 unspecified atom stereocenters. The van der Waals surface area contributed by atoms with E-state index in [1.54, 1.807) is 0 Å². The Morgan fingerprint density at radius 1 is 1.32 bits per heavy atom. The molecule has 1 aromatic carbocycles. The molecular formula is C11H9F3N4O. The van der Waals surface area contributed by atoms with E-state index in [2.05, 4.69) is 5.10 Å². The standard InChI is InChI=1S/C11H9F3N4O/c12-6-3-7(13)11(8(14)4-6)16-10(19)5-18-2-1-9(15)17-18/h1-4H,5H2,(H2,15,17)(H,16,19). The Labute approximate surface area is 105 Å². The molecule has 5 nitrogen and oxygen atoms in total. The van der Waals surface area contributed by atoms with Crippen molar-refractivity contribution in [2.24, 2.45) is 0 Å². The summed E-state index contributed by atoms with van der Waals surface area (Å²) in [5.41, 5.74) is 4.64. The number of hydrogen-bond acceptors (Lipinski definition) is 3. The maximum atomic E-state index is 13.3. The van der Waals surface area contributed by atoms with Gasteiger partial charge in [-0.05, 0) is 6.07 Å². The number of rotatable bonds is 3. The smallest absolute Gasteiger partial charge is 0.246 e. The summed E-state index contributed by atoms with van der Waals surface area (Å²) in [5, 5.41) is 5.74. The number of nitrogens with zero attached hydrogens (tertiary/aromatic N) is 2. The van der Waals surface area contributed by atoms with E-state index in [-0.39, 0.29) is 12.4 Å². The van der Waals surface area contributed by atoms with Crippen LogP contribution in [0.25, 0.3) is 0 Å². The van der Waals surface area contributed by atoms with Gasteiger partial charge in [0.05, 0.1) is 0 Å². The Bertz CT molecular complexity index is 603. The Hall–Kier alpha value is -2.51. The van der Waals surface area contributed by atoms with Gasteiger partial charge in [0.25, 0.3) is 0 Å². The molecule has 0 aliphatic heterocycles. The summed E-state index contributed by atoms with van der Waals surface area (Å²) in [6.45, 7) is -0.270. The zero-order valence-corrected chi connectivity index (χ0v) is 9.53. The van der Waals surface area contributed by atoms with Gasteiger partial charge in [0.2, 0.25) is 5.91 Å². The van der Waals surface area contributed by atoms with Gasteiger partial charge in [0.15, 0.2) is 11.6 Å². The van der Waals surface area contributed by atoms with Crippen molar-refractivity contribution in [1.29, 1.82) is 0 Å². The molecule has 0 saturated carbocycles. The highest BCUT2D eigenvalue weighted by atomic mass is 19.1. The molecule has 8 heteroatoms. The van der Waals surface area contributed by atoms with Gasteiger partial charge >= 0.3 is 0 Å². The fourth-order valence-electron chi connectivity index (χ4n) is 1.45. The second-order valence-corrected chi connectivity index (χ2v) is 3.73. The van der Waals surface area contributed by atoms with Crippen LogP contribution in [0.1, 0.15) is 0 Å². The number of nitrogens with two attached hydrogens (primary N) is 1. The summed E-state index contributed by atoms with van der Waals surface area (Å²) in [6, 6.07) is 2.42. The minimum absolute atomic E-state index is 0.215. The van der Waals surface area contributed by atoms with Crippen molar-refractivity contribution < 1.29 is 18.0 Å². The molecule has 2 aromatic rings. The number of carbonyl (C=O) groups excluding carboxylic acids is 1. The fourth-order valence-corrected chi connectivity index (χ4v) is 1.45. The lowest BCUT2D eigenvalue weighted by Gasteiger charge is -2.07. The number of anilines is 2. The average Bonchev–Trinajstić information content (AvgIpc) is 2.69. The molecule has 3 N–H and O–H groups in total. The van der Waals surface area contributed by atoms with Crippen molar-refractivity contribution in [3.8, 4) is 0 Å². The molecule has 0 spiro atoms. The molecule has 0 saturated heterocycles. The van der Waals surface area contributed by atoms with E-state index in [0.717, 1.165) is 0 Å². The Morgan fingerprint density at radius 3 is 2.47 bits per heavy atom. The normalized spacial score (nSPS) is 10.5. The van der Waals surface area contributed by atoms with E-state index >= 15 is 0 Å². The van der Waals surface area contributed by atoms with Crippen LogP contribution in [0.4, 0.5) is 24.7 Å². The first-order valence-electron chi connectivity index (χ1n) is 5.19. The Kier molecular flexibility index (Phi) is 3.41. The van der Waals surface area contributed by atoms with E-state index in [4.69, 9.17) is 5.73 Å². The number of halogens is 3. The highest BCUT2D eigenvalue weighted by Crippen LogP contribution is 2.20. The summed E-state index contributed by atoms with van der Waals surface area (Å²) in [4.78, 5) is 11.5. The van der Waals surface area contributed by atoms with Gasteiger partial charge in [-0.2, -0.15) is 5.10 Å². The molecule has 1 amide bonds. The van der Waals surface area contributed by atoms with E-state index in [0.29, 0.717) is 12.1 Å². The monoisotopic (exact) mass is 270 g/mol. The average molecular weight is 270 g/mol. The van der Waals surface area contributed by atoms with Crippen molar-refractivity contribution >= 4 is 17.4 Å². The van der Waals surface area contributed by atoms with Crippen LogP contribution in [-0.2, 0) is 11.3 Å². The number of benzene rings is 1. The molecule has 0 radical (unpaired) electrons. The lowest BCUT2D eigenvalue weighted by Crippen LogP contribution is -2.20. The third-order valence-corrected chi connectivity index (χ3v) is 2.24. The van der Waals surface area contributed by atoms with Crippen molar-refractivity contribution in [2.45, 2.75) is 6.54 Å². The Balaban J connectivity index is 2.11. The van der Waals surface area contributed by atoms with Crippen molar-refractivity contribution in [2.75, 3.05) is 11.1 Å². The summed E-state index contributed by atoms with van der Waals surface area (Å²) in [5.74, 6) is -3.94. The number of nitrogen functional groups attached to an aromatic ring is 1. The van der Waals surface area contributed by atoms with Crippen LogP contribution in [0.3, 0.4) is 0 Å². The highest BCUT2D eigenvalue weighted by molar-refractivity contribution is 5.90. The molecule has 0 atom stereocenters. The molecule has 0 aliphatic rings. The van der Waals surface area contributed by atoms with Gasteiger partial charge in [0.1, 0.15) is 23.9 Å². The molecule has 100 valence electrons. The van der Waals surface area contributed by atoms with E-state index in [1.807, 2.05) is 5.32 Å². The van der Waals surface area contributed by atoms with Gasteiger partial charge in [0, 0.05) is 18.3 Å². The largest absolute Gasteiger partial charge is 0.382 e. The summed E-state index contributed by atoms with van der Waals surface area (Å²) in [6.07, 6.45) is 1.44. The molecule has 1 aromatic heterocycles. The molecule has 2 rings (SSSR count). The molecular weight excluding hydrogens is 261 g/mol.